The Morgan fingerprint density at radius 3 is 2.60 bits per heavy atom. The summed E-state index contributed by atoms with van der Waals surface area (Å²) >= 11 is 1.62. The number of hydrazone groups is 1. The standard InChI is InChI=1S/C20H18N2O2S/c1-15-11-12-17(25-15)13-21-22-20(23)18-9-5-6-10-19(18)24-14-16-7-3-2-4-8-16/h2-13H,14H2,1H3,(H,22,23). The van der Waals surface area contributed by atoms with E-state index in [-0.39, 0.29) is 5.91 Å². The molecular weight excluding hydrogens is 332 g/mol. The average Bonchev–Trinajstić information content (AvgIpc) is 3.06. The van der Waals surface area contributed by atoms with Crippen molar-refractivity contribution in [2.45, 2.75) is 13.5 Å². The van der Waals surface area contributed by atoms with Gasteiger partial charge < -0.3 is 4.74 Å². The van der Waals surface area contributed by atoms with Crippen LogP contribution in [-0.2, 0) is 6.61 Å². The topological polar surface area (TPSA) is 50.7 Å². The van der Waals surface area contributed by atoms with Gasteiger partial charge in [-0.15, -0.1) is 11.3 Å². The molecule has 0 aliphatic carbocycles. The van der Waals surface area contributed by atoms with E-state index < -0.39 is 0 Å². The SMILES string of the molecule is Cc1ccc(C=NNC(=O)c2ccccc2OCc2ccccc2)s1. The number of rotatable bonds is 6. The quantitative estimate of drug-likeness (QED) is 0.529. The van der Waals surface area contributed by atoms with Gasteiger partial charge in [0.05, 0.1) is 11.8 Å². The van der Waals surface area contributed by atoms with Gasteiger partial charge in [-0.25, -0.2) is 5.43 Å². The monoisotopic (exact) mass is 350 g/mol. The molecule has 1 amide bonds. The Morgan fingerprint density at radius 2 is 1.84 bits per heavy atom. The first kappa shape index (κ1) is 16.9. The zero-order valence-electron chi connectivity index (χ0n) is 13.8. The molecule has 126 valence electrons. The summed E-state index contributed by atoms with van der Waals surface area (Å²) in [6, 6.07) is 21.0. The number of amides is 1. The van der Waals surface area contributed by atoms with Crippen molar-refractivity contribution >= 4 is 23.5 Å². The fourth-order valence-electron chi connectivity index (χ4n) is 2.25. The summed E-state index contributed by atoms with van der Waals surface area (Å²) in [4.78, 5) is 14.6. The lowest BCUT2D eigenvalue weighted by Gasteiger charge is -2.10. The van der Waals surface area contributed by atoms with Crippen molar-refractivity contribution < 1.29 is 9.53 Å². The van der Waals surface area contributed by atoms with Crippen LogP contribution in [0.3, 0.4) is 0 Å². The van der Waals surface area contributed by atoms with Crippen molar-refractivity contribution in [2.24, 2.45) is 5.10 Å². The van der Waals surface area contributed by atoms with Gasteiger partial charge in [0.25, 0.3) is 5.91 Å². The molecule has 0 aliphatic heterocycles. The molecule has 1 heterocycles. The molecule has 0 unspecified atom stereocenters. The number of hydrogen-bond acceptors (Lipinski definition) is 4. The summed E-state index contributed by atoms with van der Waals surface area (Å²) in [5, 5.41) is 4.02. The molecule has 0 atom stereocenters. The van der Waals surface area contributed by atoms with E-state index in [1.165, 1.54) is 4.88 Å². The van der Waals surface area contributed by atoms with Gasteiger partial charge in [0.15, 0.2) is 0 Å². The Kier molecular flexibility index (Phi) is 5.59. The van der Waals surface area contributed by atoms with Gasteiger partial charge in [0.1, 0.15) is 12.4 Å². The Balaban J connectivity index is 1.65. The number of aryl methyl sites for hydroxylation is 1. The molecule has 5 heteroatoms. The molecule has 0 fully saturated rings. The summed E-state index contributed by atoms with van der Waals surface area (Å²) in [7, 11) is 0. The van der Waals surface area contributed by atoms with Crippen LogP contribution in [0, 0.1) is 6.92 Å². The third-order valence-corrected chi connectivity index (χ3v) is 4.42. The number of para-hydroxylation sites is 1. The fraction of sp³-hybridized carbons (Fsp3) is 0.100. The Hall–Kier alpha value is -2.92. The van der Waals surface area contributed by atoms with Gasteiger partial charge in [-0.2, -0.15) is 5.10 Å². The molecular formula is C20H18N2O2S. The molecule has 25 heavy (non-hydrogen) atoms. The Labute approximate surface area is 150 Å². The lowest BCUT2D eigenvalue weighted by Crippen LogP contribution is -2.18. The molecule has 4 nitrogen and oxygen atoms in total. The van der Waals surface area contributed by atoms with Crippen molar-refractivity contribution in [1.82, 2.24) is 5.43 Å². The third-order valence-electron chi connectivity index (χ3n) is 3.49. The van der Waals surface area contributed by atoms with Gasteiger partial charge >= 0.3 is 0 Å². The molecule has 3 aromatic rings. The molecule has 0 bridgehead atoms. The van der Waals surface area contributed by atoms with Crippen LogP contribution in [0.1, 0.15) is 25.7 Å². The molecule has 0 saturated heterocycles. The van der Waals surface area contributed by atoms with Crippen molar-refractivity contribution in [2.75, 3.05) is 0 Å². The summed E-state index contributed by atoms with van der Waals surface area (Å²) in [6.45, 7) is 2.43. The minimum atomic E-state index is -0.298. The minimum absolute atomic E-state index is 0.298. The number of carbonyl (C=O) groups excluding carboxylic acids is 1. The summed E-state index contributed by atoms with van der Waals surface area (Å²) < 4.78 is 5.80. The number of hydrogen-bond donors (Lipinski definition) is 1. The van der Waals surface area contributed by atoms with Gasteiger partial charge in [0, 0.05) is 9.75 Å². The van der Waals surface area contributed by atoms with E-state index in [4.69, 9.17) is 4.74 Å². The fourth-order valence-corrected chi connectivity index (χ4v) is 3.00. The van der Waals surface area contributed by atoms with Crippen LogP contribution in [0.25, 0.3) is 0 Å². The van der Waals surface area contributed by atoms with E-state index in [9.17, 15) is 4.79 Å². The van der Waals surface area contributed by atoms with Crippen LogP contribution in [-0.4, -0.2) is 12.1 Å². The van der Waals surface area contributed by atoms with Crippen molar-refractivity contribution in [1.29, 1.82) is 0 Å². The summed E-state index contributed by atoms with van der Waals surface area (Å²) in [5.74, 6) is 0.235. The van der Waals surface area contributed by atoms with E-state index in [2.05, 4.69) is 10.5 Å². The summed E-state index contributed by atoms with van der Waals surface area (Å²) in [5.41, 5.74) is 4.05. The van der Waals surface area contributed by atoms with Crippen LogP contribution in [0.15, 0.2) is 71.8 Å². The highest BCUT2D eigenvalue weighted by Crippen LogP contribution is 2.19. The van der Waals surface area contributed by atoms with E-state index in [1.807, 2.05) is 55.5 Å². The second kappa shape index (κ2) is 8.26. The molecule has 0 aliphatic rings. The maximum Gasteiger partial charge on any atom is 0.275 e. The molecule has 0 radical (unpaired) electrons. The van der Waals surface area contributed by atoms with Crippen molar-refractivity contribution in [3.05, 3.63) is 87.6 Å². The average molecular weight is 350 g/mol. The predicted octanol–water partition coefficient (Wildman–Crippen LogP) is 4.40. The van der Waals surface area contributed by atoms with Gasteiger partial charge in [-0.3, -0.25) is 4.79 Å². The molecule has 2 aromatic carbocycles. The zero-order chi connectivity index (χ0) is 17.5. The van der Waals surface area contributed by atoms with E-state index >= 15 is 0 Å². The van der Waals surface area contributed by atoms with Crippen LogP contribution in [0.2, 0.25) is 0 Å². The number of nitrogens with one attached hydrogen (secondary N) is 1. The largest absolute Gasteiger partial charge is 0.488 e. The van der Waals surface area contributed by atoms with Gasteiger partial charge in [-0.05, 0) is 36.8 Å². The van der Waals surface area contributed by atoms with Crippen LogP contribution < -0.4 is 10.2 Å². The highest BCUT2D eigenvalue weighted by atomic mass is 32.1. The molecule has 1 aromatic heterocycles. The number of thiophene rings is 1. The molecule has 1 N–H and O–H groups in total. The lowest BCUT2D eigenvalue weighted by molar-refractivity contribution is 0.0950. The molecule has 0 spiro atoms. The molecule has 3 rings (SSSR count). The normalized spacial score (nSPS) is 10.8. The maximum atomic E-state index is 12.4. The second-order valence-corrected chi connectivity index (χ2v) is 6.74. The highest BCUT2D eigenvalue weighted by Gasteiger charge is 2.11. The summed E-state index contributed by atoms with van der Waals surface area (Å²) in [6.07, 6.45) is 1.64. The van der Waals surface area contributed by atoms with E-state index in [0.717, 1.165) is 10.4 Å². The van der Waals surface area contributed by atoms with Crippen LogP contribution in [0.5, 0.6) is 5.75 Å². The van der Waals surface area contributed by atoms with Crippen LogP contribution in [0.4, 0.5) is 0 Å². The third kappa shape index (κ3) is 4.78. The number of nitrogens with zero attached hydrogens (tertiary/aromatic N) is 1. The highest BCUT2D eigenvalue weighted by molar-refractivity contribution is 7.13. The van der Waals surface area contributed by atoms with Crippen LogP contribution >= 0.6 is 11.3 Å². The predicted molar refractivity (Wildman–Crippen MR) is 101 cm³/mol. The first-order chi connectivity index (χ1) is 12.2. The van der Waals surface area contributed by atoms with Crippen molar-refractivity contribution in [3.63, 3.8) is 0 Å². The smallest absolute Gasteiger partial charge is 0.275 e. The number of benzene rings is 2. The van der Waals surface area contributed by atoms with Crippen molar-refractivity contribution in [3.8, 4) is 5.75 Å². The second-order valence-electron chi connectivity index (χ2n) is 5.42. The van der Waals surface area contributed by atoms with Gasteiger partial charge in [-0.1, -0.05) is 42.5 Å². The minimum Gasteiger partial charge on any atom is -0.488 e. The Bertz CT molecular complexity index is 872. The zero-order valence-corrected chi connectivity index (χ0v) is 14.6. The number of carbonyl (C=O) groups is 1. The molecule has 0 saturated carbocycles. The number of ether oxygens (including phenoxy) is 1. The first-order valence-electron chi connectivity index (χ1n) is 7.88. The van der Waals surface area contributed by atoms with E-state index in [1.54, 1.807) is 35.8 Å². The first-order valence-corrected chi connectivity index (χ1v) is 8.69. The van der Waals surface area contributed by atoms with Gasteiger partial charge in [0.2, 0.25) is 0 Å². The lowest BCUT2D eigenvalue weighted by atomic mass is 10.2. The maximum absolute atomic E-state index is 12.4. The van der Waals surface area contributed by atoms with E-state index in [0.29, 0.717) is 17.9 Å². The Morgan fingerprint density at radius 1 is 1.08 bits per heavy atom.